The molecule has 27 heavy (non-hydrogen) atoms. The fraction of sp³-hybridized carbons (Fsp3) is 0.364. The number of fused-ring (bicyclic) bond motifs is 1. The predicted molar refractivity (Wildman–Crippen MR) is 113 cm³/mol. The number of hydrogen-bond acceptors (Lipinski definition) is 3. The van der Waals surface area contributed by atoms with Crippen LogP contribution >= 0.6 is 11.6 Å². The summed E-state index contributed by atoms with van der Waals surface area (Å²) in [6, 6.07) is 11.2. The van der Waals surface area contributed by atoms with Gasteiger partial charge in [0.25, 0.3) is 5.91 Å². The average molecular weight is 384 g/mol. The molecule has 142 valence electrons. The number of carbonyl (C=O) groups excluding carboxylic acids is 1. The van der Waals surface area contributed by atoms with E-state index in [1.165, 1.54) is 11.3 Å². The maximum atomic E-state index is 12.2. The normalized spacial score (nSPS) is 18.4. The Hall–Kier alpha value is -2.33. The Bertz CT molecular complexity index is 904. The molecule has 1 atom stereocenters. The molecule has 1 amide bonds. The standard InChI is InChI=1S/C22H26ClN3O/c1-14-9-20-19(15(2)12-22(3,4)26(20)5)11-17(14)13-24-25-21(27)16-7-6-8-18(23)10-16/h6-11,13,15H,12H2,1-5H3,(H,25,27)/b24-13-/t15-/m0/s1. The van der Waals surface area contributed by atoms with E-state index in [0.717, 1.165) is 17.5 Å². The van der Waals surface area contributed by atoms with Crippen molar-refractivity contribution in [2.24, 2.45) is 5.10 Å². The van der Waals surface area contributed by atoms with Gasteiger partial charge in [-0.2, -0.15) is 5.10 Å². The van der Waals surface area contributed by atoms with Crippen molar-refractivity contribution < 1.29 is 4.79 Å². The number of nitrogens with zero attached hydrogens (tertiary/aromatic N) is 2. The van der Waals surface area contributed by atoms with Gasteiger partial charge in [0, 0.05) is 28.9 Å². The Morgan fingerprint density at radius 3 is 2.78 bits per heavy atom. The van der Waals surface area contributed by atoms with Gasteiger partial charge in [-0.3, -0.25) is 4.79 Å². The van der Waals surface area contributed by atoms with Gasteiger partial charge < -0.3 is 4.90 Å². The van der Waals surface area contributed by atoms with Crippen LogP contribution < -0.4 is 10.3 Å². The molecule has 1 aliphatic heterocycles. The third kappa shape index (κ3) is 4.01. The first-order chi connectivity index (χ1) is 12.7. The molecule has 1 N–H and O–H groups in total. The molecule has 1 heterocycles. The van der Waals surface area contributed by atoms with E-state index in [2.05, 4.69) is 62.3 Å². The Balaban J connectivity index is 1.81. The molecule has 4 nitrogen and oxygen atoms in total. The van der Waals surface area contributed by atoms with E-state index in [-0.39, 0.29) is 11.4 Å². The molecule has 0 aliphatic carbocycles. The van der Waals surface area contributed by atoms with Crippen LogP contribution in [-0.2, 0) is 0 Å². The van der Waals surface area contributed by atoms with Crippen molar-refractivity contribution in [3.05, 3.63) is 63.7 Å². The number of aryl methyl sites for hydroxylation is 1. The molecule has 0 radical (unpaired) electrons. The lowest BCUT2D eigenvalue weighted by atomic mass is 9.79. The lowest BCUT2D eigenvalue weighted by molar-refractivity contribution is 0.0955. The van der Waals surface area contributed by atoms with E-state index in [0.29, 0.717) is 16.5 Å². The topological polar surface area (TPSA) is 44.7 Å². The molecule has 0 fully saturated rings. The Labute approximate surface area is 166 Å². The number of halogens is 1. The van der Waals surface area contributed by atoms with Gasteiger partial charge in [-0.05, 0) is 80.1 Å². The molecule has 0 saturated heterocycles. The molecular weight excluding hydrogens is 358 g/mol. The van der Waals surface area contributed by atoms with Crippen LogP contribution in [0.15, 0.2) is 41.5 Å². The van der Waals surface area contributed by atoms with Crippen molar-refractivity contribution in [2.75, 3.05) is 11.9 Å². The molecule has 1 aliphatic rings. The smallest absolute Gasteiger partial charge is 0.271 e. The van der Waals surface area contributed by atoms with Gasteiger partial charge in [0.05, 0.1) is 6.21 Å². The van der Waals surface area contributed by atoms with Crippen LogP contribution in [0.5, 0.6) is 0 Å². The molecule has 0 saturated carbocycles. The first-order valence-corrected chi connectivity index (χ1v) is 9.54. The van der Waals surface area contributed by atoms with Crippen LogP contribution in [0.2, 0.25) is 5.02 Å². The van der Waals surface area contributed by atoms with Crippen molar-refractivity contribution in [3.8, 4) is 0 Å². The van der Waals surface area contributed by atoms with Crippen molar-refractivity contribution in [1.29, 1.82) is 0 Å². The first-order valence-electron chi connectivity index (χ1n) is 9.16. The number of rotatable bonds is 3. The highest BCUT2D eigenvalue weighted by atomic mass is 35.5. The number of hydrogen-bond donors (Lipinski definition) is 1. The number of amides is 1. The summed E-state index contributed by atoms with van der Waals surface area (Å²) in [7, 11) is 2.16. The number of hydrazone groups is 1. The van der Waals surface area contributed by atoms with E-state index in [1.54, 1.807) is 30.5 Å². The molecule has 0 spiro atoms. The molecule has 0 bridgehead atoms. The second-order valence-electron chi connectivity index (χ2n) is 7.95. The summed E-state index contributed by atoms with van der Waals surface area (Å²) >= 11 is 5.93. The number of anilines is 1. The van der Waals surface area contributed by atoms with Gasteiger partial charge in [0.1, 0.15) is 0 Å². The van der Waals surface area contributed by atoms with E-state index in [9.17, 15) is 4.79 Å². The van der Waals surface area contributed by atoms with E-state index < -0.39 is 0 Å². The summed E-state index contributed by atoms with van der Waals surface area (Å²) in [4.78, 5) is 14.5. The Morgan fingerprint density at radius 2 is 2.07 bits per heavy atom. The van der Waals surface area contributed by atoms with E-state index >= 15 is 0 Å². The van der Waals surface area contributed by atoms with Gasteiger partial charge in [-0.15, -0.1) is 0 Å². The van der Waals surface area contributed by atoms with Crippen molar-refractivity contribution in [1.82, 2.24) is 5.43 Å². The quantitative estimate of drug-likeness (QED) is 0.589. The minimum Gasteiger partial charge on any atom is -0.369 e. The lowest BCUT2D eigenvalue weighted by Crippen LogP contribution is -2.45. The molecule has 3 rings (SSSR count). The second-order valence-corrected chi connectivity index (χ2v) is 8.39. The average Bonchev–Trinajstić information content (AvgIpc) is 2.60. The third-order valence-electron chi connectivity index (χ3n) is 5.48. The molecular formula is C22H26ClN3O. The Morgan fingerprint density at radius 1 is 1.33 bits per heavy atom. The van der Waals surface area contributed by atoms with Crippen LogP contribution in [0.1, 0.15) is 60.2 Å². The maximum Gasteiger partial charge on any atom is 0.271 e. The molecule has 5 heteroatoms. The van der Waals surface area contributed by atoms with Gasteiger partial charge in [0.15, 0.2) is 0 Å². The third-order valence-corrected chi connectivity index (χ3v) is 5.71. The molecule has 0 unspecified atom stereocenters. The van der Waals surface area contributed by atoms with Crippen LogP contribution in [0, 0.1) is 6.92 Å². The minimum atomic E-state index is -0.279. The first kappa shape index (κ1) is 19.4. The fourth-order valence-corrected chi connectivity index (χ4v) is 3.92. The zero-order chi connectivity index (χ0) is 19.8. The predicted octanol–water partition coefficient (Wildman–Crippen LogP) is 5.13. The highest BCUT2D eigenvalue weighted by molar-refractivity contribution is 6.30. The number of carbonyl (C=O) groups is 1. The summed E-state index contributed by atoms with van der Waals surface area (Å²) in [5, 5.41) is 4.67. The largest absolute Gasteiger partial charge is 0.369 e. The summed E-state index contributed by atoms with van der Waals surface area (Å²) in [5.74, 6) is 0.194. The van der Waals surface area contributed by atoms with Gasteiger partial charge in [-0.25, -0.2) is 5.43 Å². The van der Waals surface area contributed by atoms with Crippen LogP contribution in [0.4, 0.5) is 5.69 Å². The highest BCUT2D eigenvalue weighted by Gasteiger charge is 2.34. The molecule has 2 aromatic rings. The van der Waals surface area contributed by atoms with Crippen LogP contribution in [0.3, 0.4) is 0 Å². The summed E-state index contributed by atoms with van der Waals surface area (Å²) in [6.07, 6.45) is 2.81. The Kier molecular flexibility index (Phi) is 5.29. The highest BCUT2D eigenvalue weighted by Crippen LogP contribution is 2.43. The van der Waals surface area contributed by atoms with Crippen molar-refractivity contribution in [3.63, 3.8) is 0 Å². The fourth-order valence-electron chi connectivity index (χ4n) is 3.73. The minimum absolute atomic E-state index is 0.138. The summed E-state index contributed by atoms with van der Waals surface area (Å²) in [5.41, 5.74) is 7.94. The maximum absolute atomic E-state index is 12.2. The number of benzene rings is 2. The van der Waals surface area contributed by atoms with Gasteiger partial charge in [-0.1, -0.05) is 24.6 Å². The van der Waals surface area contributed by atoms with Crippen LogP contribution in [-0.4, -0.2) is 24.7 Å². The zero-order valence-electron chi connectivity index (χ0n) is 16.5. The van der Waals surface area contributed by atoms with Gasteiger partial charge in [0.2, 0.25) is 0 Å². The van der Waals surface area contributed by atoms with Gasteiger partial charge >= 0.3 is 0 Å². The lowest BCUT2D eigenvalue weighted by Gasteiger charge is -2.45. The summed E-state index contributed by atoms with van der Waals surface area (Å²) < 4.78 is 0. The second kappa shape index (κ2) is 7.35. The number of nitrogens with one attached hydrogen (secondary N) is 1. The SMILES string of the molecule is Cc1cc2c(cc1/C=N\NC(=O)c1cccc(Cl)c1)[C@@H](C)CC(C)(C)N2C. The van der Waals surface area contributed by atoms with E-state index in [4.69, 9.17) is 11.6 Å². The van der Waals surface area contributed by atoms with Crippen molar-refractivity contribution in [2.45, 2.75) is 45.6 Å². The van der Waals surface area contributed by atoms with Crippen molar-refractivity contribution >= 4 is 29.4 Å². The summed E-state index contributed by atoms with van der Waals surface area (Å²) in [6.45, 7) is 8.90. The monoisotopic (exact) mass is 383 g/mol. The van der Waals surface area contributed by atoms with E-state index in [1.807, 2.05) is 0 Å². The van der Waals surface area contributed by atoms with Crippen LogP contribution in [0.25, 0.3) is 0 Å². The molecule has 0 aromatic heterocycles. The zero-order valence-corrected chi connectivity index (χ0v) is 17.3. The molecule has 2 aromatic carbocycles.